The first-order chi connectivity index (χ1) is 15.0. The highest BCUT2D eigenvalue weighted by atomic mass is 19.1. The average molecular weight is 420 g/mol. The van der Waals surface area contributed by atoms with Gasteiger partial charge in [0.2, 0.25) is 0 Å². The topological polar surface area (TPSA) is 103 Å². The van der Waals surface area contributed by atoms with Gasteiger partial charge in [0, 0.05) is 24.3 Å². The number of halogens is 1. The number of amides is 1. The molecule has 1 amide bonds. The zero-order chi connectivity index (χ0) is 21.5. The molecule has 3 aromatic heterocycles. The first-order valence-corrected chi connectivity index (χ1v) is 10.2. The lowest BCUT2D eigenvalue weighted by Gasteiger charge is -2.10. The van der Waals surface area contributed by atoms with E-state index in [1.807, 2.05) is 6.92 Å². The first-order valence-electron chi connectivity index (χ1n) is 10.2. The molecule has 0 saturated heterocycles. The molecule has 0 saturated carbocycles. The van der Waals surface area contributed by atoms with Crippen LogP contribution in [0.4, 0.5) is 10.1 Å². The van der Waals surface area contributed by atoms with E-state index in [4.69, 9.17) is 4.98 Å². The largest absolute Gasteiger partial charge is 0.322 e. The van der Waals surface area contributed by atoms with Crippen molar-refractivity contribution >= 4 is 22.8 Å². The molecule has 4 aromatic rings. The summed E-state index contributed by atoms with van der Waals surface area (Å²) in [6, 6.07) is 6.02. The standard InChI is InChI=1S/C21H21FN8O/c1-12-10-15(19-20(23-12)29-9-5-3-4-6-18(29)25-19)21(31)24-14-7-8-16(22)17(11-14)30-13(2)26-27-28-30/h7-8,10-11H,3-6,9H2,1-2H3,(H,24,31). The summed E-state index contributed by atoms with van der Waals surface area (Å²) in [5, 5.41) is 14.0. The molecule has 10 heteroatoms. The fourth-order valence-corrected chi connectivity index (χ4v) is 3.99. The second-order valence-electron chi connectivity index (χ2n) is 7.73. The van der Waals surface area contributed by atoms with Gasteiger partial charge in [0.25, 0.3) is 5.91 Å². The number of anilines is 1. The van der Waals surface area contributed by atoms with Gasteiger partial charge in [0.05, 0.1) is 5.56 Å². The Morgan fingerprint density at radius 1 is 1.13 bits per heavy atom. The van der Waals surface area contributed by atoms with Crippen molar-refractivity contribution in [3.63, 3.8) is 0 Å². The van der Waals surface area contributed by atoms with E-state index in [9.17, 15) is 9.18 Å². The Morgan fingerprint density at radius 3 is 2.81 bits per heavy atom. The van der Waals surface area contributed by atoms with Crippen LogP contribution in [0.15, 0.2) is 24.3 Å². The van der Waals surface area contributed by atoms with Gasteiger partial charge >= 0.3 is 0 Å². The Bertz CT molecular complexity index is 1310. The Morgan fingerprint density at radius 2 is 2.00 bits per heavy atom. The molecule has 1 N–H and O–H groups in total. The maximum absolute atomic E-state index is 14.3. The Balaban J connectivity index is 1.52. The molecular weight excluding hydrogens is 399 g/mol. The number of hydrogen-bond donors (Lipinski definition) is 1. The van der Waals surface area contributed by atoms with Crippen LogP contribution in [0.25, 0.3) is 16.9 Å². The van der Waals surface area contributed by atoms with Crippen molar-refractivity contribution in [1.29, 1.82) is 0 Å². The number of hydrogen-bond acceptors (Lipinski definition) is 6. The normalized spacial score (nSPS) is 13.8. The monoisotopic (exact) mass is 420 g/mol. The lowest BCUT2D eigenvalue weighted by atomic mass is 10.1. The van der Waals surface area contributed by atoms with Crippen LogP contribution in [0.3, 0.4) is 0 Å². The number of aromatic nitrogens is 7. The Kier molecular flexibility index (Phi) is 4.68. The molecular formula is C21H21FN8O. The minimum absolute atomic E-state index is 0.157. The molecule has 1 aliphatic rings. The molecule has 31 heavy (non-hydrogen) atoms. The fraction of sp³-hybridized carbons (Fsp3) is 0.333. The van der Waals surface area contributed by atoms with Crippen LogP contribution < -0.4 is 5.32 Å². The van der Waals surface area contributed by atoms with Crippen LogP contribution in [0.5, 0.6) is 0 Å². The highest BCUT2D eigenvalue weighted by Crippen LogP contribution is 2.25. The zero-order valence-electron chi connectivity index (χ0n) is 17.3. The van der Waals surface area contributed by atoms with Crippen LogP contribution in [-0.4, -0.2) is 40.6 Å². The minimum atomic E-state index is -0.492. The van der Waals surface area contributed by atoms with Gasteiger partial charge in [-0.1, -0.05) is 6.42 Å². The second-order valence-corrected chi connectivity index (χ2v) is 7.73. The number of rotatable bonds is 3. The number of pyridine rings is 1. The summed E-state index contributed by atoms with van der Waals surface area (Å²) < 4.78 is 17.8. The lowest BCUT2D eigenvalue weighted by Crippen LogP contribution is -2.14. The highest BCUT2D eigenvalue weighted by molar-refractivity contribution is 6.11. The molecule has 9 nitrogen and oxygen atoms in total. The molecule has 158 valence electrons. The number of imidazole rings is 1. The summed E-state index contributed by atoms with van der Waals surface area (Å²) in [4.78, 5) is 22.6. The van der Waals surface area contributed by atoms with Crippen molar-refractivity contribution in [3.8, 4) is 5.69 Å². The fourth-order valence-electron chi connectivity index (χ4n) is 3.99. The van der Waals surface area contributed by atoms with Gasteiger partial charge in [-0.15, -0.1) is 5.10 Å². The Labute approximate surface area is 177 Å². The second kappa shape index (κ2) is 7.53. The van der Waals surface area contributed by atoms with Crippen LogP contribution in [-0.2, 0) is 13.0 Å². The van der Waals surface area contributed by atoms with Crippen molar-refractivity contribution in [2.24, 2.45) is 0 Å². The zero-order valence-corrected chi connectivity index (χ0v) is 17.3. The van der Waals surface area contributed by atoms with Crippen LogP contribution in [0.2, 0.25) is 0 Å². The van der Waals surface area contributed by atoms with Crippen molar-refractivity contribution in [2.45, 2.75) is 46.1 Å². The molecule has 4 heterocycles. The van der Waals surface area contributed by atoms with Gasteiger partial charge in [-0.3, -0.25) is 4.79 Å². The van der Waals surface area contributed by atoms with E-state index in [-0.39, 0.29) is 11.6 Å². The molecule has 1 aliphatic heterocycles. The number of tetrazole rings is 1. The van der Waals surface area contributed by atoms with Gasteiger partial charge in [-0.05, 0) is 61.4 Å². The van der Waals surface area contributed by atoms with E-state index in [0.717, 1.165) is 49.4 Å². The molecule has 0 unspecified atom stereocenters. The summed E-state index contributed by atoms with van der Waals surface area (Å²) >= 11 is 0. The highest BCUT2D eigenvalue weighted by Gasteiger charge is 2.21. The molecule has 5 rings (SSSR count). The molecule has 0 bridgehead atoms. The summed E-state index contributed by atoms with van der Waals surface area (Å²) in [5.41, 5.74) is 3.12. The van der Waals surface area contributed by atoms with E-state index in [1.54, 1.807) is 13.0 Å². The smallest absolute Gasteiger partial charge is 0.258 e. The predicted molar refractivity (Wildman–Crippen MR) is 112 cm³/mol. The summed E-state index contributed by atoms with van der Waals surface area (Å²) in [6.07, 6.45) is 4.20. The summed E-state index contributed by atoms with van der Waals surface area (Å²) in [5.74, 6) is 0.592. The molecule has 1 aromatic carbocycles. The van der Waals surface area contributed by atoms with Crippen molar-refractivity contribution in [2.75, 3.05) is 5.32 Å². The number of fused-ring (bicyclic) bond motifs is 3. The third-order valence-electron chi connectivity index (χ3n) is 5.49. The maximum Gasteiger partial charge on any atom is 0.258 e. The minimum Gasteiger partial charge on any atom is -0.322 e. The lowest BCUT2D eigenvalue weighted by molar-refractivity contribution is 0.102. The van der Waals surface area contributed by atoms with Crippen molar-refractivity contribution in [3.05, 3.63) is 53.0 Å². The van der Waals surface area contributed by atoms with E-state index >= 15 is 0 Å². The first kappa shape index (κ1) is 19.3. The van der Waals surface area contributed by atoms with Gasteiger partial charge in [-0.25, -0.2) is 14.4 Å². The quantitative estimate of drug-likeness (QED) is 0.546. The Hall–Kier alpha value is -3.69. The third-order valence-corrected chi connectivity index (χ3v) is 5.49. The van der Waals surface area contributed by atoms with E-state index < -0.39 is 5.82 Å². The number of carbonyl (C=O) groups is 1. The van der Waals surface area contributed by atoms with Gasteiger partial charge in [-0.2, -0.15) is 4.68 Å². The number of aryl methyl sites for hydroxylation is 4. The van der Waals surface area contributed by atoms with Gasteiger partial charge in [0.15, 0.2) is 11.5 Å². The van der Waals surface area contributed by atoms with E-state index in [1.165, 1.54) is 22.9 Å². The maximum atomic E-state index is 14.3. The molecule has 0 aliphatic carbocycles. The SMILES string of the molecule is Cc1cc(C(=O)Nc2ccc(F)c(-n3nnnc3C)c2)c2nc3n(c2n1)CCCCC3. The molecule has 0 spiro atoms. The van der Waals surface area contributed by atoms with Gasteiger partial charge in [0.1, 0.15) is 22.8 Å². The number of nitrogens with one attached hydrogen (secondary N) is 1. The molecule has 0 atom stereocenters. The van der Waals surface area contributed by atoms with E-state index in [2.05, 4.69) is 30.4 Å². The van der Waals surface area contributed by atoms with E-state index in [0.29, 0.717) is 22.6 Å². The van der Waals surface area contributed by atoms with Crippen LogP contribution >= 0.6 is 0 Å². The van der Waals surface area contributed by atoms with Crippen molar-refractivity contribution < 1.29 is 9.18 Å². The molecule has 0 fully saturated rings. The van der Waals surface area contributed by atoms with Gasteiger partial charge < -0.3 is 9.88 Å². The number of carbonyl (C=O) groups excluding carboxylic acids is 1. The van der Waals surface area contributed by atoms with Crippen molar-refractivity contribution in [1.82, 2.24) is 34.7 Å². The number of benzene rings is 1. The summed E-state index contributed by atoms with van der Waals surface area (Å²) in [7, 11) is 0. The third kappa shape index (κ3) is 3.43. The molecule has 0 radical (unpaired) electrons. The van der Waals surface area contributed by atoms with Crippen LogP contribution in [0.1, 0.15) is 47.0 Å². The predicted octanol–water partition coefficient (Wildman–Crippen LogP) is 3.14. The average Bonchev–Trinajstić information content (AvgIpc) is 3.23. The van der Waals surface area contributed by atoms with Crippen LogP contribution in [0, 0.1) is 19.7 Å². The summed E-state index contributed by atoms with van der Waals surface area (Å²) in [6.45, 7) is 4.39. The number of nitrogens with zero attached hydrogens (tertiary/aromatic N) is 7.